The summed E-state index contributed by atoms with van der Waals surface area (Å²) in [5, 5.41) is 3.04. The highest BCUT2D eigenvalue weighted by atomic mass is 35.5. The van der Waals surface area contributed by atoms with Crippen LogP contribution < -0.4 is 11.1 Å². The summed E-state index contributed by atoms with van der Waals surface area (Å²) in [7, 11) is 0. The van der Waals surface area contributed by atoms with Gasteiger partial charge >= 0.3 is 0 Å². The summed E-state index contributed by atoms with van der Waals surface area (Å²) >= 11 is 0. The molecule has 5 nitrogen and oxygen atoms in total. The molecule has 128 valence electrons. The lowest BCUT2D eigenvalue weighted by molar-refractivity contribution is -0.120. The van der Waals surface area contributed by atoms with Gasteiger partial charge in [-0.05, 0) is 50.4 Å². The molecule has 1 saturated carbocycles. The van der Waals surface area contributed by atoms with Gasteiger partial charge in [0.05, 0.1) is 5.69 Å². The van der Waals surface area contributed by atoms with E-state index in [-0.39, 0.29) is 24.2 Å². The van der Waals surface area contributed by atoms with Crippen LogP contribution in [-0.4, -0.2) is 22.4 Å². The number of benzene rings is 1. The predicted octanol–water partition coefficient (Wildman–Crippen LogP) is 3.19. The van der Waals surface area contributed by atoms with Crippen molar-refractivity contribution >= 4 is 24.0 Å². The van der Waals surface area contributed by atoms with Crippen LogP contribution >= 0.6 is 12.4 Å². The van der Waals surface area contributed by atoms with E-state index in [0.29, 0.717) is 12.5 Å². The van der Waals surface area contributed by atoms with E-state index in [9.17, 15) is 4.79 Å². The number of rotatable bonds is 4. The molecule has 1 aliphatic rings. The lowest BCUT2D eigenvalue weighted by Gasteiger charge is -2.17. The van der Waals surface area contributed by atoms with Crippen molar-refractivity contribution in [1.29, 1.82) is 0 Å². The monoisotopic (exact) mass is 346 g/mol. The van der Waals surface area contributed by atoms with Gasteiger partial charge in [0.2, 0.25) is 5.91 Å². The number of anilines is 1. The van der Waals surface area contributed by atoms with Gasteiger partial charge < -0.3 is 11.1 Å². The lowest BCUT2D eigenvalue weighted by Crippen LogP contribution is -2.29. The Balaban J connectivity index is 0.00000208. The summed E-state index contributed by atoms with van der Waals surface area (Å²) in [6.45, 7) is 2.44. The van der Waals surface area contributed by atoms with Gasteiger partial charge in [0.15, 0.2) is 0 Å². The Bertz CT molecular complexity index is 707. The molecule has 3 N–H and O–H groups in total. The largest absolute Gasteiger partial charge is 0.330 e. The Kier molecular flexibility index (Phi) is 6.29. The standard InChI is InChI=1S/C18H22N4O.ClH/c1-12-20-9-8-17(21-12)13-4-2-6-15(10-13)22-18(23)16-7-3-5-14(16)11-19;/h2,4,6,8-10,14,16H,3,5,7,11,19H2,1H3,(H,22,23);1H/t14-,16-;/m1./s1. The van der Waals surface area contributed by atoms with Gasteiger partial charge in [0, 0.05) is 23.4 Å². The van der Waals surface area contributed by atoms with Crippen LogP contribution in [0.25, 0.3) is 11.3 Å². The Morgan fingerprint density at radius 1 is 1.33 bits per heavy atom. The first kappa shape index (κ1) is 18.4. The normalized spacial score (nSPS) is 19.6. The van der Waals surface area contributed by atoms with Crippen molar-refractivity contribution in [2.24, 2.45) is 17.6 Å². The molecule has 0 aliphatic heterocycles. The van der Waals surface area contributed by atoms with E-state index in [1.165, 1.54) is 0 Å². The summed E-state index contributed by atoms with van der Waals surface area (Å²) in [6, 6.07) is 9.64. The summed E-state index contributed by atoms with van der Waals surface area (Å²) in [6.07, 6.45) is 4.81. The van der Waals surface area contributed by atoms with Crippen LogP contribution in [0.5, 0.6) is 0 Å². The van der Waals surface area contributed by atoms with E-state index in [0.717, 1.165) is 42.0 Å². The topological polar surface area (TPSA) is 80.9 Å². The van der Waals surface area contributed by atoms with Gasteiger partial charge in [0.25, 0.3) is 0 Å². The van der Waals surface area contributed by atoms with Crippen LogP contribution in [-0.2, 0) is 4.79 Å². The predicted molar refractivity (Wildman–Crippen MR) is 98.0 cm³/mol. The molecule has 2 aromatic rings. The lowest BCUT2D eigenvalue weighted by atomic mass is 9.95. The molecule has 6 heteroatoms. The van der Waals surface area contributed by atoms with Crippen molar-refractivity contribution in [3.05, 3.63) is 42.4 Å². The second-order valence-corrected chi connectivity index (χ2v) is 6.09. The van der Waals surface area contributed by atoms with Gasteiger partial charge in [-0.3, -0.25) is 4.79 Å². The molecular formula is C18H23ClN4O. The minimum absolute atomic E-state index is 0. The van der Waals surface area contributed by atoms with Gasteiger partial charge in [-0.15, -0.1) is 12.4 Å². The van der Waals surface area contributed by atoms with Gasteiger partial charge in [0.1, 0.15) is 5.82 Å². The number of carbonyl (C=O) groups excluding carboxylic acids is 1. The van der Waals surface area contributed by atoms with Crippen LogP contribution in [0.2, 0.25) is 0 Å². The molecule has 0 unspecified atom stereocenters. The SMILES string of the molecule is Cc1nccc(-c2cccc(NC(=O)[C@@H]3CCC[C@@H]3CN)c2)n1.Cl. The van der Waals surface area contributed by atoms with E-state index in [1.54, 1.807) is 6.20 Å². The van der Waals surface area contributed by atoms with Gasteiger partial charge in [-0.2, -0.15) is 0 Å². The molecule has 0 saturated heterocycles. The first-order chi connectivity index (χ1) is 11.2. The summed E-state index contributed by atoms with van der Waals surface area (Å²) in [5.74, 6) is 1.15. The zero-order valence-corrected chi connectivity index (χ0v) is 14.6. The highest BCUT2D eigenvalue weighted by Gasteiger charge is 2.31. The molecule has 1 aromatic heterocycles. The quantitative estimate of drug-likeness (QED) is 0.890. The fourth-order valence-corrected chi connectivity index (χ4v) is 3.27. The summed E-state index contributed by atoms with van der Waals surface area (Å²) in [5.41, 5.74) is 8.40. The fraction of sp³-hybridized carbons (Fsp3) is 0.389. The van der Waals surface area contributed by atoms with Crippen molar-refractivity contribution in [2.75, 3.05) is 11.9 Å². The number of nitrogens with one attached hydrogen (secondary N) is 1. The first-order valence-corrected chi connectivity index (χ1v) is 8.08. The minimum atomic E-state index is 0. The van der Waals surface area contributed by atoms with Crippen molar-refractivity contribution < 1.29 is 4.79 Å². The van der Waals surface area contributed by atoms with Crippen molar-refractivity contribution in [3.63, 3.8) is 0 Å². The van der Waals surface area contributed by atoms with Crippen molar-refractivity contribution in [1.82, 2.24) is 9.97 Å². The number of nitrogens with zero attached hydrogens (tertiary/aromatic N) is 2. The molecule has 3 rings (SSSR count). The number of aryl methyl sites for hydroxylation is 1. The number of amides is 1. The summed E-state index contributed by atoms with van der Waals surface area (Å²) < 4.78 is 0. The maximum Gasteiger partial charge on any atom is 0.227 e. The molecule has 1 aromatic carbocycles. The molecule has 2 atom stereocenters. The van der Waals surface area contributed by atoms with Gasteiger partial charge in [-0.1, -0.05) is 18.6 Å². The molecule has 24 heavy (non-hydrogen) atoms. The van der Waals surface area contributed by atoms with E-state index in [4.69, 9.17) is 5.73 Å². The van der Waals surface area contributed by atoms with Crippen LogP contribution in [0.1, 0.15) is 25.1 Å². The zero-order chi connectivity index (χ0) is 16.2. The molecule has 0 spiro atoms. The van der Waals surface area contributed by atoms with Crippen LogP contribution in [0, 0.1) is 18.8 Å². The second kappa shape index (κ2) is 8.22. The van der Waals surface area contributed by atoms with Crippen LogP contribution in [0.4, 0.5) is 5.69 Å². The fourth-order valence-electron chi connectivity index (χ4n) is 3.27. The third-order valence-electron chi connectivity index (χ3n) is 4.50. The Hall–Kier alpha value is -1.98. The smallest absolute Gasteiger partial charge is 0.227 e. The Morgan fingerprint density at radius 3 is 2.92 bits per heavy atom. The third-order valence-corrected chi connectivity index (χ3v) is 4.50. The first-order valence-electron chi connectivity index (χ1n) is 8.08. The maximum atomic E-state index is 12.5. The zero-order valence-electron chi connectivity index (χ0n) is 13.7. The molecule has 0 radical (unpaired) electrons. The molecule has 1 heterocycles. The number of aromatic nitrogens is 2. The minimum Gasteiger partial charge on any atom is -0.330 e. The van der Waals surface area contributed by atoms with Crippen LogP contribution in [0.15, 0.2) is 36.5 Å². The molecule has 1 amide bonds. The number of carbonyl (C=O) groups is 1. The Labute approximate surface area is 148 Å². The molecule has 1 aliphatic carbocycles. The van der Waals surface area contributed by atoms with E-state index < -0.39 is 0 Å². The highest BCUT2D eigenvalue weighted by molar-refractivity contribution is 5.93. The number of hydrogen-bond acceptors (Lipinski definition) is 4. The molecule has 0 bridgehead atoms. The summed E-state index contributed by atoms with van der Waals surface area (Å²) in [4.78, 5) is 21.0. The van der Waals surface area contributed by atoms with Crippen molar-refractivity contribution in [3.8, 4) is 11.3 Å². The van der Waals surface area contributed by atoms with E-state index >= 15 is 0 Å². The molecular weight excluding hydrogens is 324 g/mol. The third kappa shape index (κ3) is 4.10. The second-order valence-electron chi connectivity index (χ2n) is 6.09. The van der Waals surface area contributed by atoms with E-state index in [2.05, 4.69) is 15.3 Å². The van der Waals surface area contributed by atoms with Crippen molar-refractivity contribution in [2.45, 2.75) is 26.2 Å². The van der Waals surface area contributed by atoms with Gasteiger partial charge in [-0.25, -0.2) is 9.97 Å². The Morgan fingerprint density at radius 2 is 2.17 bits per heavy atom. The van der Waals surface area contributed by atoms with Crippen LogP contribution in [0.3, 0.4) is 0 Å². The maximum absolute atomic E-state index is 12.5. The van der Waals surface area contributed by atoms with E-state index in [1.807, 2.05) is 37.3 Å². The molecule has 1 fully saturated rings. The average Bonchev–Trinajstić information content (AvgIpc) is 3.04. The number of hydrogen-bond donors (Lipinski definition) is 2. The number of nitrogens with two attached hydrogens (primary N) is 1. The highest BCUT2D eigenvalue weighted by Crippen LogP contribution is 2.32. The average molecular weight is 347 g/mol. The number of halogens is 1.